The van der Waals surface area contributed by atoms with Crippen LogP contribution in [0.25, 0.3) is 0 Å². The fourth-order valence-electron chi connectivity index (χ4n) is 3.12. The van der Waals surface area contributed by atoms with E-state index >= 15 is 0 Å². The number of methoxy groups -OCH3 is 1. The van der Waals surface area contributed by atoms with Gasteiger partial charge in [-0.3, -0.25) is 9.59 Å². The second-order valence-electron chi connectivity index (χ2n) is 6.21. The first-order valence-corrected chi connectivity index (χ1v) is 10.0. The molecule has 0 aliphatic carbocycles. The van der Waals surface area contributed by atoms with Gasteiger partial charge in [-0.1, -0.05) is 30.3 Å². The van der Waals surface area contributed by atoms with Gasteiger partial charge in [-0.2, -0.15) is 0 Å². The molecular formula is C17H24N2O5S. The van der Waals surface area contributed by atoms with Crippen LogP contribution < -0.4 is 10.6 Å². The molecule has 0 aromatic heterocycles. The summed E-state index contributed by atoms with van der Waals surface area (Å²) in [5, 5.41) is 5.73. The fraction of sp³-hybridized carbons (Fsp3) is 0.529. The Morgan fingerprint density at radius 3 is 2.36 bits per heavy atom. The number of hydrogen-bond acceptors (Lipinski definition) is 6. The third kappa shape index (κ3) is 4.19. The smallest absolute Gasteiger partial charge is 0.314 e. The number of rotatable bonds is 6. The van der Waals surface area contributed by atoms with Crippen molar-refractivity contribution in [1.29, 1.82) is 0 Å². The SMILES string of the molecule is COC(=O)C(CNC(=O)C1(S(C)(=O)=O)CCNCC1)c1ccccc1. The van der Waals surface area contributed by atoms with E-state index in [2.05, 4.69) is 10.6 Å². The minimum Gasteiger partial charge on any atom is -0.468 e. The van der Waals surface area contributed by atoms with Crippen LogP contribution in [0.3, 0.4) is 0 Å². The third-order valence-corrected chi connectivity index (χ3v) is 6.70. The Labute approximate surface area is 148 Å². The molecule has 0 radical (unpaired) electrons. The summed E-state index contributed by atoms with van der Waals surface area (Å²) in [6.07, 6.45) is 1.52. The van der Waals surface area contributed by atoms with Crippen LogP contribution in [-0.4, -0.2) is 58.0 Å². The summed E-state index contributed by atoms with van der Waals surface area (Å²) < 4.78 is 27.9. The lowest BCUT2D eigenvalue weighted by molar-refractivity contribution is -0.142. The van der Waals surface area contributed by atoms with Gasteiger partial charge in [0.2, 0.25) is 5.91 Å². The van der Waals surface area contributed by atoms with Gasteiger partial charge in [-0.15, -0.1) is 0 Å². The average molecular weight is 368 g/mol. The van der Waals surface area contributed by atoms with Gasteiger partial charge in [0.15, 0.2) is 14.6 Å². The molecule has 1 aliphatic rings. The van der Waals surface area contributed by atoms with Crippen LogP contribution in [0, 0.1) is 0 Å². The van der Waals surface area contributed by atoms with Gasteiger partial charge in [0.1, 0.15) is 0 Å². The molecule has 1 fully saturated rings. The van der Waals surface area contributed by atoms with Gasteiger partial charge in [-0.05, 0) is 31.5 Å². The van der Waals surface area contributed by atoms with Gasteiger partial charge >= 0.3 is 5.97 Å². The highest BCUT2D eigenvalue weighted by Gasteiger charge is 2.48. The number of piperidine rings is 1. The molecule has 1 aromatic carbocycles. The highest BCUT2D eigenvalue weighted by Crippen LogP contribution is 2.28. The highest BCUT2D eigenvalue weighted by molar-refractivity contribution is 7.92. The summed E-state index contributed by atoms with van der Waals surface area (Å²) in [4.78, 5) is 24.8. The van der Waals surface area contributed by atoms with Crippen LogP contribution in [0.2, 0.25) is 0 Å². The van der Waals surface area contributed by atoms with E-state index < -0.39 is 32.4 Å². The lowest BCUT2D eigenvalue weighted by Gasteiger charge is -2.34. The second kappa shape index (κ2) is 7.97. The van der Waals surface area contributed by atoms with Crippen molar-refractivity contribution in [3.63, 3.8) is 0 Å². The Bertz CT molecular complexity index is 712. The summed E-state index contributed by atoms with van der Waals surface area (Å²) in [5.74, 6) is -1.72. The molecule has 1 atom stereocenters. The van der Waals surface area contributed by atoms with E-state index in [4.69, 9.17) is 4.74 Å². The van der Waals surface area contributed by atoms with Crippen molar-refractivity contribution in [3.8, 4) is 0 Å². The van der Waals surface area contributed by atoms with Crippen molar-refractivity contribution in [2.75, 3.05) is 33.0 Å². The van der Waals surface area contributed by atoms with Crippen molar-refractivity contribution in [2.24, 2.45) is 0 Å². The summed E-state index contributed by atoms with van der Waals surface area (Å²) in [7, 11) is -2.31. The first kappa shape index (κ1) is 19.4. The number of sulfone groups is 1. The zero-order chi connectivity index (χ0) is 18.5. The fourth-order valence-corrected chi connectivity index (χ4v) is 4.47. The predicted molar refractivity (Wildman–Crippen MR) is 93.9 cm³/mol. The van der Waals surface area contributed by atoms with E-state index in [1.54, 1.807) is 24.3 Å². The summed E-state index contributed by atoms with van der Waals surface area (Å²) in [6, 6.07) is 8.94. The predicted octanol–water partition coefficient (Wildman–Crippen LogP) is 0.226. The Morgan fingerprint density at radius 2 is 1.84 bits per heavy atom. The molecule has 0 bridgehead atoms. The first-order chi connectivity index (χ1) is 11.8. The minimum atomic E-state index is -3.59. The molecular weight excluding hydrogens is 344 g/mol. The molecule has 2 rings (SSSR count). The number of carbonyl (C=O) groups is 2. The lowest BCUT2D eigenvalue weighted by Crippen LogP contribution is -2.57. The van der Waals surface area contributed by atoms with Crippen LogP contribution >= 0.6 is 0 Å². The highest BCUT2D eigenvalue weighted by atomic mass is 32.2. The molecule has 8 heteroatoms. The van der Waals surface area contributed by atoms with Crippen LogP contribution in [0.1, 0.15) is 24.3 Å². The summed E-state index contributed by atoms with van der Waals surface area (Å²) in [6.45, 7) is 0.902. The average Bonchev–Trinajstić information content (AvgIpc) is 2.62. The Hall–Kier alpha value is -1.93. The standard InChI is InChI=1S/C17H24N2O5S/c1-24-15(20)14(13-6-4-3-5-7-13)12-19-16(21)17(25(2,22)23)8-10-18-11-9-17/h3-7,14,18H,8-12H2,1-2H3,(H,19,21). The van der Waals surface area contributed by atoms with Crippen LogP contribution in [-0.2, 0) is 24.2 Å². The van der Waals surface area contributed by atoms with Crippen molar-refractivity contribution in [1.82, 2.24) is 10.6 Å². The van der Waals surface area contributed by atoms with Crippen molar-refractivity contribution in [3.05, 3.63) is 35.9 Å². The van der Waals surface area contributed by atoms with Gasteiger partial charge in [0, 0.05) is 12.8 Å². The first-order valence-electron chi connectivity index (χ1n) is 8.13. The molecule has 1 amide bonds. The molecule has 138 valence electrons. The van der Waals surface area contributed by atoms with E-state index in [0.29, 0.717) is 18.7 Å². The molecule has 7 nitrogen and oxygen atoms in total. The van der Waals surface area contributed by atoms with Crippen molar-refractivity contribution >= 4 is 21.7 Å². The van der Waals surface area contributed by atoms with Crippen molar-refractivity contribution in [2.45, 2.75) is 23.5 Å². The number of benzene rings is 1. The molecule has 25 heavy (non-hydrogen) atoms. The zero-order valence-electron chi connectivity index (χ0n) is 14.4. The van der Waals surface area contributed by atoms with Gasteiger partial charge < -0.3 is 15.4 Å². The Kier molecular flexibility index (Phi) is 6.18. The number of hydrogen-bond donors (Lipinski definition) is 2. The van der Waals surface area contributed by atoms with Gasteiger partial charge in [0.25, 0.3) is 0 Å². The minimum absolute atomic E-state index is 0.0137. The molecule has 1 aromatic rings. The van der Waals surface area contributed by atoms with Crippen LogP contribution in [0.5, 0.6) is 0 Å². The summed E-state index contributed by atoms with van der Waals surface area (Å²) >= 11 is 0. The quantitative estimate of drug-likeness (QED) is 0.697. The van der Waals surface area contributed by atoms with E-state index in [1.807, 2.05) is 6.07 Å². The molecule has 0 saturated carbocycles. The largest absolute Gasteiger partial charge is 0.468 e. The molecule has 1 saturated heterocycles. The Balaban J connectivity index is 2.18. The normalized spacial score (nSPS) is 18.2. The molecule has 1 heterocycles. The maximum Gasteiger partial charge on any atom is 0.314 e. The second-order valence-corrected chi connectivity index (χ2v) is 8.54. The van der Waals surface area contributed by atoms with Gasteiger partial charge in [0.05, 0.1) is 13.0 Å². The molecule has 0 spiro atoms. The maximum absolute atomic E-state index is 12.7. The maximum atomic E-state index is 12.7. The van der Waals surface area contributed by atoms with Gasteiger partial charge in [-0.25, -0.2) is 8.42 Å². The molecule has 1 aliphatic heterocycles. The number of carbonyl (C=O) groups excluding carboxylic acids is 2. The summed E-state index contributed by atoms with van der Waals surface area (Å²) in [5.41, 5.74) is 0.702. The van der Waals surface area contributed by atoms with Crippen LogP contribution in [0.15, 0.2) is 30.3 Å². The topological polar surface area (TPSA) is 102 Å². The van der Waals surface area contributed by atoms with Crippen molar-refractivity contribution < 1.29 is 22.7 Å². The van der Waals surface area contributed by atoms with Crippen LogP contribution in [0.4, 0.5) is 0 Å². The third-order valence-electron chi connectivity index (χ3n) is 4.69. The Morgan fingerprint density at radius 1 is 1.24 bits per heavy atom. The number of nitrogens with one attached hydrogen (secondary N) is 2. The number of ether oxygens (including phenoxy) is 1. The van der Waals surface area contributed by atoms with E-state index in [-0.39, 0.29) is 19.4 Å². The lowest BCUT2D eigenvalue weighted by atomic mass is 9.94. The number of amides is 1. The molecule has 1 unspecified atom stereocenters. The molecule has 2 N–H and O–H groups in total. The van der Waals surface area contributed by atoms with E-state index in [1.165, 1.54) is 7.11 Å². The zero-order valence-corrected chi connectivity index (χ0v) is 15.3. The number of esters is 1. The van der Waals surface area contributed by atoms with E-state index in [0.717, 1.165) is 6.26 Å². The monoisotopic (exact) mass is 368 g/mol. The van der Waals surface area contributed by atoms with E-state index in [9.17, 15) is 18.0 Å².